The lowest BCUT2D eigenvalue weighted by atomic mass is 10.1. The summed E-state index contributed by atoms with van der Waals surface area (Å²) in [6.07, 6.45) is 0. The van der Waals surface area contributed by atoms with Crippen molar-refractivity contribution in [1.82, 2.24) is 0 Å². The highest BCUT2D eigenvalue weighted by molar-refractivity contribution is 6.74. The number of hydrogen-bond acceptors (Lipinski definition) is 2. The Hall–Kier alpha value is -1.29. The Bertz CT molecular complexity index is 459. The molecule has 1 rings (SSSR count). The molecule has 0 aliphatic heterocycles. The Labute approximate surface area is 110 Å². The van der Waals surface area contributed by atoms with Gasteiger partial charge < -0.3 is 9.53 Å². The molecule has 0 aromatic heterocycles. The second kappa shape index (κ2) is 4.76. The first-order chi connectivity index (χ1) is 8.04. The van der Waals surface area contributed by atoms with Crippen molar-refractivity contribution in [1.29, 1.82) is 0 Å². The van der Waals surface area contributed by atoms with E-state index in [2.05, 4.69) is 33.9 Å². The first-order valence-corrected chi connectivity index (χ1v) is 8.98. The monoisotopic (exact) mass is 266 g/mol. The van der Waals surface area contributed by atoms with E-state index in [4.69, 9.17) is 9.53 Å². The zero-order chi connectivity index (χ0) is 14.1. The van der Waals surface area contributed by atoms with Gasteiger partial charge >= 0.3 is 5.97 Å². The number of aryl methyl sites for hydroxylation is 1. The van der Waals surface area contributed by atoms with Gasteiger partial charge in [0.15, 0.2) is 0 Å². The van der Waals surface area contributed by atoms with Crippen LogP contribution in [0.5, 0.6) is 5.75 Å². The average molecular weight is 266 g/mol. The second-order valence-electron chi connectivity index (χ2n) is 6.14. The van der Waals surface area contributed by atoms with Crippen LogP contribution < -0.4 is 4.43 Å². The lowest BCUT2D eigenvalue weighted by Crippen LogP contribution is -2.43. The van der Waals surface area contributed by atoms with Crippen LogP contribution in [0.15, 0.2) is 18.2 Å². The fourth-order valence-electron chi connectivity index (χ4n) is 1.34. The van der Waals surface area contributed by atoms with Crippen LogP contribution in [0, 0.1) is 6.92 Å². The molecule has 0 unspecified atom stereocenters. The quantitative estimate of drug-likeness (QED) is 0.839. The van der Waals surface area contributed by atoms with Crippen LogP contribution in [0.2, 0.25) is 18.1 Å². The fraction of sp³-hybridized carbons (Fsp3) is 0.500. The van der Waals surface area contributed by atoms with Gasteiger partial charge in [-0.1, -0.05) is 26.8 Å². The summed E-state index contributed by atoms with van der Waals surface area (Å²) in [7, 11) is -1.91. The highest BCUT2D eigenvalue weighted by Crippen LogP contribution is 2.37. The van der Waals surface area contributed by atoms with Crippen molar-refractivity contribution in [2.75, 3.05) is 0 Å². The van der Waals surface area contributed by atoms with E-state index in [1.165, 1.54) is 0 Å². The van der Waals surface area contributed by atoms with Crippen LogP contribution in [0.1, 0.15) is 36.7 Å². The zero-order valence-corrected chi connectivity index (χ0v) is 13.0. The summed E-state index contributed by atoms with van der Waals surface area (Å²) in [5.74, 6) is -0.252. The molecule has 0 heterocycles. The van der Waals surface area contributed by atoms with Crippen molar-refractivity contribution < 1.29 is 14.3 Å². The summed E-state index contributed by atoms with van der Waals surface area (Å²) in [6, 6.07) is 5.27. The Kier molecular flexibility index (Phi) is 3.91. The van der Waals surface area contributed by atoms with Gasteiger partial charge in [0.05, 0.1) is 5.56 Å². The third-order valence-corrected chi connectivity index (χ3v) is 7.98. The topological polar surface area (TPSA) is 46.5 Å². The lowest BCUT2D eigenvalue weighted by Gasteiger charge is -2.36. The molecule has 0 saturated carbocycles. The van der Waals surface area contributed by atoms with Crippen LogP contribution in [0.25, 0.3) is 0 Å². The first kappa shape index (κ1) is 14.8. The molecule has 0 spiro atoms. The predicted molar refractivity (Wildman–Crippen MR) is 76.0 cm³/mol. The first-order valence-electron chi connectivity index (χ1n) is 6.07. The van der Waals surface area contributed by atoms with Gasteiger partial charge in [0.2, 0.25) is 8.32 Å². The summed E-state index contributed by atoms with van der Waals surface area (Å²) in [5, 5.41) is 9.20. The van der Waals surface area contributed by atoms with Crippen LogP contribution in [0.4, 0.5) is 0 Å². The van der Waals surface area contributed by atoms with Crippen molar-refractivity contribution in [2.24, 2.45) is 0 Å². The molecule has 18 heavy (non-hydrogen) atoms. The summed E-state index contributed by atoms with van der Waals surface area (Å²) in [4.78, 5) is 11.1. The number of rotatable bonds is 3. The minimum Gasteiger partial charge on any atom is -0.543 e. The van der Waals surface area contributed by atoms with E-state index in [0.29, 0.717) is 11.3 Å². The average Bonchev–Trinajstić information content (AvgIpc) is 2.18. The SMILES string of the molecule is Cc1ccc(O[Si](C)(C)C(C)(C)C)cc1C(=O)O. The normalized spacial score (nSPS) is 12.3. The number of aromatic carboxylic acids is 1. The molecule has 1 aromatic rings. The fourth-order valence-corrected chi connectivity index (χ4v) is 2.37. The van der Waals surface area contributed by atoms with Crippen molar-refractivity contribution in [3.63, 3.8) is 0 Å². The molecule has 0 aliphatic rings. The van der Waals surface area contributed by atoms with Gasteiger partial charge in [-0.25, -0.2) is 4.79 Å². The van der Waals surface area contributed by atoms with E-state index < -0.39 is 14.3 Å². The third kappa shape index (κ3) is 3.13. The number of carboxylic acid groups (broad SMARTS) is 1. The van der Waals surface area contributed by atoms with Gasteiger partial charge in [-0.3, -0.25) is 0 Å². The smallest absolute Gasteiger partial charge is 0.336 e. The van der Waals surface area contributed by atoms with Gasteiger partial charge in [0.1, 0.15) is 5.75 Å². The molecule has 0 amide bonds. The van der Waals surface area contributed by atoms with E-state index >= 15 is 0 Å². The van der Waals surface area contributed by atoms with Gasteiger partial charge in [-0.2, -0.15) is 0 Å². The maximum atomic E-state index is 11.1. The predicted octanol–water partition coefficient (Wildman–Crippen LogP) is 4.08. The summed E-state index contributed by atoms with van der Waals surface area (Å²) < 4.78 is 6.09. The van der Waals surface area contributed by atoms with E-state index in [1.54, 1.807) is 19.1 Å². The molecule has 0 saturated heterocycles. The molecule has 0 fully saturated rings. The molecule has 3 nitrogen and oxygen atoms in total. The Balaban J connectivity index is 3.07. The largest absolute Gasteiger partial charge is 0.543 e. The van der Waals surface area contributed by atoms with E-state index in [9.17, 15) is 4.79 Å². The van der Waals surface area contributed by atoms with Crippen LogP contribution in [-0.4, -0.2) is 19.4 Å². The second-order valence-corrected chi connectivity index (χ2v) is 10.9. The van der Waals surface area contributed by atoms with Crippen molar-refractivity contribution >= 4 is 14.3 Å². The van der Waals surface area contributed by atoms with Crippen molar-refractivity contribution in [2.45, 2.75) is 45.8 Å². The highest BCUT2D eigenvalue weighted by atomic mass is 28.4. The van der Waals surface area contributed by atoms with E-state index in [0.717, 1.165) is 5.56 Å². The molecule has 0 radical (unpaired) electrons. The Morgan fingerprint density at radius 2 is 1.83 bits per heavy atom. The van der Waals surface area contributed by atoms with Crippen LogP contribution in [0.3, 0.4) is 0 Å². The Morgan fingerprint density at radius 3 is 2.28 bits per heavy atom. The minimum atomic E-state index is -1.91. The maximum Gasteiger partial charge on any atom is 0.336 e. The highest BCUT2D eigenvalue weighted by Gasteiger charge is 2.39. The Morgan fingerprint density at radius 1 is 1.28 bits per heavy atom. The molecule has 4 heteroatoms. The molecule has 0 atom stereocenters. The molecular formula is C14H22O3Si. The molecule has 0 bridgehead atoms. The van der Waals surface area contributed by atoms with Gasteiger partial charge in [0, 0.05) is 0 Å². The van der Waals surface area contributed by atoms with Crippen LogP contribution in [-0.2, 0) is 0 Å². The van der Waals surface area contributed by atoms with E-state index in [1.807, 2.05) is 6.07 Å². The number of carboxylic acids is 1. The summed E-state index contributed by atoms with van der Waals surface area (Å²) in [6.45, 7) is 12.6. The summed E-state index contributed by atoms with van der Waals surface area (Å²) in [5.41, 5.74) is 1.07. The van der Waals surface area contributed by atoms with Gasteiger partial charge in [-0.15, -0.1) is 0 Å². The van der Waals surface area contributed by atoms with Gasteiger partial charge in [0.25, 0.3) is 0 Å². The molecule has 1 aromatic carbocycles. The lowest BCUT2D eigenvalue weighted by molar-refractivity contribution is 0.0696. The molecular weight excluding hydrogens is 244 g/mol. The molecule has 100 valence electrons. The molecule has 1 N–H and O–H groups in total. The van der Waals surface area contributed by atoms with Crippen LogP contribution >= 0.6 is 0 Å². The molecule has 0 aliphatic carbocycles. The third-order valence-electron chi connectivity index (χ3n) is 3.62. The zero-order valence-electron chi connectivity index (χ0n) is 12.0. The number of carbonyl (C=O) groups is 1. The number of benzene rings is 1. The van der Waals surface area contributed by atoms with Crippen molar-refractivity contribution in [3.05, 3.63) is 29.3 Å². The minimum absolute atomic E-state index is 0.0985. The van der Waals surface area contributed by atoms with Crippen molar-refractivity contribution in [3.8, 4) is 5.75 Å². The maximum absolute atomic E-state index is 11.1. The van der Waals surface area contributed by atoms with E-state index in [-0.39, 0.29) is 5.04 Å². The summed E-state index contributed by atoms with van der Waals surface area (Å²) >= 11 is 0. The standard InChI is InChI=1S/C14H22O3Si/c1-10-7-8-11(9-12(10)13(15)16)17-18(5,6)14(2,3)4/h7-9H,1-6H3,(H,15,16). The number of hydrogen-bond donors (Lipinski definition) is 1. The van der Waals surface area contributed by atoms with Gasteiger partial charge in [-0.05, 0) is 42.8 Å².